The largest absolute Gasteiger partial charge is 0.461 e. The van der Waals surface area contributed by atoms with Crippen molar-refractivity contribution in [1.82, 2.24) is 20.3 Å². The first-order valence-corrected chi connectivity index (χ1v) is 9.80. The SMILES string of the molecule is CCOC(=O)c1coc(N2CC[C@@H](NC(=O)c3nc(Cl)c(CC)[nH]3)[C@@H](OC)C2)n1. The molecule has 3 rings (SSSR count). The van der Waals surface area contributed by atoms with Crippen molar-refractivity contribution in [2.45, 2.75) is 38.8 Å². The Morgan fingerprint density at radius 3 is 2.86 bits per heavy atom. The zero-order chi connectivity index (χ0) is 21.0. The Labute approximate surface area is 172 Å². The molecule has 1 amide bonds. The fourth-order valence-corrected chi connectivity index (χ4v) is 3.43. The highest BCUT2D eigenvalue weighted by molar-refractivity contribution is 6.30. The van der Waals surface area contributed by atoms with E-state index in [1.807, 2.05) is 11.8 Å². The minimum atomic E-state index is -0.531. The number of rotatable bonds is 7. The van der Waals surface area contributed by atoms with E-state index in [0.29, 0.717) is 37.1 Å². The fraction of sp³-hybridized carbons (Fsp3) is 0.556. The van der Waals surface area contributed by atoms with Gasteiger partial charge in [-0.3, -0.25) is 4.79 Å². The molecule has 0 unspecified atom stereocenters. The number of imidazole rings is 1. The lowest BCUT2D eigenvalue weighted by Gasteiger charge is -2.37. The van der Waals surface area contributed by atoms with Crippen LogP contribution in [0.3, 0.4) is 0 Å². The average Bonchev–Trinajstić information content (AvgIpc) is 3.35. The van der Waals surface area contributed by atoms with E-state index < -0.39 is 5.97 Å². The smallest absolute Gasteiger partial charge is 0.360 e. The standard InChI is InChI=1S/C18H24ClN5O5/c1-4-10-14(19)23-15(20-10)16(25)21-11-6-7-24(8-13(11)27-3)18-22-12(9-29-18)17(26)28-5-2/h9,11,13H,4-8H2,1-3H3,(H,20,23)(H,21,25)/t11-,13+/m1/s1. The number of ether oxygens (including phenoxy) is 2. The minimum absolute atomic E-state index is 0.118. The first-order valence-electron chi connectivity index (χ1n) is 9.42. The van der Waals surface area contributed by atoms with Crippen LogP contribution in [0.1, 0.15) is 47.1 Å². The third-order valence-electron chi connectivity index (χ3n) is 4.72. The number of piperidine rings is 1. The number of aromatic amines is 1. The maximum absolute atomic E-state index is 12.5. The van der Waals surface area contributed by atoms with Crippen molar-refractivity contribution in [2.75, 3.05) is 31.7 Å². The molecule has 0 spiro atoms. The molecule has 0 aromatic carbocycles. The van der Waals surface area contributed by atoms with Crippen LogP contribution in [0.25, 0.3) is 0 Å². The highest BCUT2D eigenvalue weighted by Gasteiger charge is 2.33. The molecule has 158 valence electrons. The van der Waals surface area contributed by atoms with Gasteiger partial charge < -0.3 is 29.1 Å². The second-order valence-electron chi connectivity index (χ2n) is 6.53. The number of nitrogens with zero attached hydrogens (tertiary/aromatic N) is 3. The van der Waals surface area contributed by atoms with Gasteiger partial charge in [-0.2, -0.15) is 4.98 Å². The number of carbonyl (C=O) groups excluding carboxylic acids is 2. The number of amides is 1. The van der Waals surface area contributed by atoms with Gasteiger partial charge in [0.2, 0.25) is 0 Å². The van der Waals surface area contributed by atoms with Gasteiger partial charge in [-0.05, 0) is 19.8 Å². The fourth-order valence-electron chi connectivity index (χ4n) is 3.17. The summed E-state index contributed by atoms with van der Waals surface area (Å²) in [5.74, 6) is -0.694. The summed E-state index contributed by atoms with van der Waals surface area (Å²) in [6.07, 6.45) is 2.22. The summed E-state index contributed by atoms with van der Waals surface area (Å²) in [6, 6.07) is 0.0856. The molecule has 1 aliphatic heterocycles. The number of esters is 1. The van der Waals surface area contributed by atoms with E-state index in [9.17, 15) is 9.59 Å². The van der Waals surface area contributed by atoms with Crippen LogP contribution in [0.4, 0.5) is 6.01 Å². The average molecular weight is 426 g/mol. The number of hydrogen-bond donors (Lipinski definition) is 2. The Bertz CT molecular complexity index is 867. The zero-order valence-corrected chi connectivity index (χ0v) is 17.3. The van der Waals surface area contributed by atoms with Crippen molar-refractivity contribution < 1.29 is 23.5 Å². The molecule has 10 nitrogen and oxygen atoms in total. The highest BCUT2D eigenvalue weighted by atomic mass is 35.5. The minimum Gasteiger partial charge on any atom is -0.461 e. The lowest BCUT2D eigenvalue weighted by molar-refractivity contribution is 0.0516. The number of H-pyrrole nitrogens is 1. The second-order valence-corrected chi connectivity index (χ2v) is 6.89. The lowest BCUT2D eigenvalue weighted by Crippen LogP contribution is -2.55. The van der Waals surface area contributed by atoms with E-state index in [-0.39, 0.29) is 36.2 Å². The van der Waals surface area contributed by atoms with Gasteiger partial charge in [0.1, 0.15) is 6.26 Å². The van der Waals surface area contributed by atoms with E-state index in [0.717, 1.165) is 5.69 Å². The predicted octanol–water partition coefficient (Wildman–Crippen LogP) is 1.81. The summed E-state index contributed by atoms with van der Waals surface area (Å²) in [6.45, 7) is 4.91. The molecular weight excluding hydrogens is 402 g/mol. The van der Waals surface area contributed by atoms with Crippen molar-refractivity contribution >= 4 is 29.5 Å². The van der Waals surface area contributed by atoms with Crippen molar-refractivity contribution in [3.05, 3.63) is 28.6 Å². The molecule has 0 saturated carbocycles. The van der Waals surface area contributed by atoms with Crippen molar-refractivity contribution in [3.8, 4) is 0 Å². The molecule has 2 aromatic heterocycles. The summed E-state index contributed by atoms with van der Waals surface area (Å²) >= 11 is 6.01. The summed E-state index contributed by atoms with van der Waals surface area (Å²) in [5, 5.41) is 3.25. The number of oxazole rings is 1. The van der Waals surface area contributed by atoms with E-state index in [4.69, 9.17) is 25.5 Å². The van der Waals surface area contributed by atoms with E-state index in [1.54, 1.807) is 14.0 Å². The second kappa shape index (κ2) is 9.27. The van der Waals surface area contributed by atoms with Gasteiger partial charge in [0.25, 0.3) is 11.9 Å². The van der Waals surface area contributed by atoms with Crippen molar-refractivity contribution in [2.24, 2.45) is 0 Å². The van der Waals surface area contributed by atoms with E-state index in [1.165, 1.54) is 6.26 Å². The lowest BCUT2D eigenvalue weighted by atomic mass is 10.0. The van der Waals surface area contributed by atoms with Gasteiger partial charge in [-0.1, -0.05) is 18.5 Å². The van der Waals surface area contributed by atoms with Crippen molar-refractivity contribution in [3.63, 3.8) is 0 Å². The maximum atomic E-state index is 12.5. The molecule has 1 saturated heterocycles. The van der Waals surface area contributed by atoms with Gasteiger partial charge in [-0.15, -0.1) is 0 Å². The van der Waals surface area contributed by atoms with Crippen LogP contribution < -0.4 is 10.2 Å². The molecule has 0 bridgehead atoms. The molecule has 2 aromatic rings. The number of aromatic nitrogens is 3. The maximum Gasteiger partial charge on any atom is 0.360 e. The zero-order valence-electron chi connectivity index (χ0n) is 16.5. The van der Waals surface area contributed by atoms with Gasteiger partial charge in [0.15, 0.2) is 16.7 Å². The number of anilines is 1. The van der Waals surface area contributed by atoms with Crippen LogP contribution in [0.5, 0.6) is 0 Å². The van der Waals surface area contributed by atoms with Crippen LogP contribution in [-0.4, -0.2) is 65.8 Å². The molecule has 1 aliphatic rings. The van der Waals surface area contributed by atoms with Gasteiger partial charge in [0.05, 0.1) is 31.0 Å². The number of carbonyl (C=O) groups is 2. The Morgan fingerprint density at radius 1 is 1.41 bits per heavy atom. The molecule has 2 N–H and O–H groups in total. The monoisotopic (exact) mass is 425 g/mol. The number of methoxy groups -OCH3 is 1. The van der Waals surface area contributed by atoms with Gasteiger partial charge >= 0.3 is 5.97 Å². The van der Waals surface area contributed by atoms with Crippen LogP contribution >= 0.6 is 11.6 Å². The van der Waals surface area contributed by atoms with Crippen LogP contribution in [0.15, 0.2) is 10.7 Å². The van der Waals surface area contributed by atoms with Crippen molar-refractivity contribution in [1.29, 1.82) is 0 Å². The first kappa shape index (κ1) is 21.1. The molecule has 3 heterocycles. The molecule has 0 radical (unpaired) electrons. The molecule has 11 heteroatoms. The number of aryl methyl sites for hydroxylation is 1. The first-order chi connectivity index (χ1) is 14.0. The molecule has 29 heavy (non-hydrogen) atoms. The molecule has 1 fully saturated rings. The molecular formula is C18H24ClN5O5. The number of hydrogen-bond acceptors (Lipinski definition) is 8. The summed E-state index contributed by atoms with van der Waals surface area (Å²) in [5.41, 5.74) is 0.837. The third kappa shape index (κ3) is 4.70. The topological polar surface area (TPSA) is 123 Å². The van der Waals surface area contributed by atoms with E-state index >= 15 is 0 Å². The Hall–Kier alpha value is -2.59. The van der Waals surface area contributed by atoms with Crippen LogP contribution in [0, 0.1) is 0 Å². The predicted molar refractivity (Wildman–Crippen MR) is 104 cm³/mol. The van der Waals surface area contributed by atoms with Gasteiger partial charge in [-0.25, -0.2) is 9.78 Å². The quantitative estimate of drug-likeness (QED) is 0.644. The van der Waals surface area contributed by atoms with Crippen LogP contribution in [0.2, 0.25) is 5.15 Å². The number of halogens is 1. The van der Waals surface area contributed by atoms with E-state index in [2.05, 4.69) is 20.3 Å². The normalized spacial score (nSPS) is 19.2. The molecule has 0 aliphatic carbocycles. The number of nitrogens with one attached hydrogen (secondary N) is 2. The summed E-state index contributed by atoms with van der Waals surface area (Å²) in [7, 11) is 1.58. The summed E-state index contributed by atoms with van der Waals surface area (Å²) in [4.78, 5) is 37.4. The Balaban J connectivity index is 1.63. The Kier molecular flexibility index (Phi) is 6.75. The Morgan fingerprint density at radius 2 is 2.21 bits per heavy atom. The van der Waals surface area contributed by atoms with Gasteiger partial charge in [0, 0.05) is 13.7 Å². The third-order valence-corrected chi connectivity index (χ3v) is 5.04. The van der Waals surface area contributed by atoms with Crippen LogP contribution in [-0.2, 0) is 15.9 Å². The highest BCUT2D eigenvalue weighted by Crippen LogP contribution is 2.22. The molecule has 2 atom stereocenters. The summed E-state index contributed by atoms with van der Waals surface area (Å²) < 4.78 is 15.9.